The van der Waals surface area contributed by atoms with E-state index in [-0.39, 0.29) is 73.8 Å². The number of piperazine rings is 1. The average molecular weight is 527 g/mol. The van der Waals surface area contributed by atoms with Gasteiger partial charge in [0.1, 0.15) is 0 Å². The van der Waals surface area contributed by atoms with Gasteiger partial charge >= 0.3 is 12.0 Å². The molecule has 1 aromatic carbocycles. The molecular formula is C25H27FN6O6. The van der Waals surface area contributed by atoms with E-state index < -0.39 is 29.8 Å². The number of aliphatic hydroxyl groups excluding tert-OH is 1. The number of aromatic nitrogens is 2. The molecule has 200 valence electrons. The van der Waals surface area contributed by atoms with Crippen LogP contribution in [0.2, 0.25) is 0 Å². The molecule has 38 heavy (non-hydrogen) atoms. The third-order valence-electron chi connectivity index (χ3n) is 6.21. The van der Waals surface area contributed by atoms with Crippen molar-refractivity contribution in [2.24, 2.45) is 0 Å². The van der Waals surface area contributed by atoms with Crippen LogP contribution in [-0.4, -0.2) is 86.5 Å². The second-order valence-corrected chi connectivity index (χ2v) is 8.71. The monoisotopic (exact) mass is 526 g/mol. The predicted octanol–water partition coefficient (Wildman–Crippen LogP) is 1.71. The van der Waals surface area contributed by atoms with Gasteiger partial charge in [-0.15, -0.1) is 0 Å². The number of anilines is 1. The third-order valence-corrected chi connectivity index (χ3v) is 6.21. The predicted molar refractivity (Wildman–Crippen MR) is 134 cm³/mol. The van der Waals surface area contributed by atoms with Crippen LogP contribution in [0.15, 0.2) is 42.7 Å². The highest BCUT2D eigenvalue weighted by atomic mass is 19.1. The molecule has 4 rings (SSSR count). The molecular weight excluding hydrogens is 499 g/mol. The number of aliphatic carboxylic acids is 1. The Bertz CT molecular complexity index is 1340. The van der Waals surface area contributed by atoms with Crippen LogP contribution in [0.25, 0.3) is 10.9 Å². The van der Waals surface area contributed by atoms with Crippen LogP contribution in [0.1, 0.15) is 34.9 Å². The molecule has 0 aliphatic carbocycles. The molecule has 2 aromatic heterocycles. The van der Waals surface area contributed by atoms with E-state index in [4.69, 9.17) is 5.11 Å². The van der Waals surface area contributed by atoms with E-state index >= 15 is 0 Å². The first kappa shape index (κ1) is 26.5. The number of carboxylic acid groups (broad SMARTS) is 1. The van der Waals surface area contributed by atoms with Gasteiger partial charge in [0.15, 0.2) is 17.7 Å². The van der Waals surface area contributed by atoms with Crippen molar-refractivity contribution in [2.45, 2.75) is 18.9 Å². The molecule has 0 saturated carbocycles. The Labute approximate surface area is 216 Å². The van der Waals surface area contributed by atoms with Crippen molar-refractivity contribution in [2.75, 3.05) is 38.0 Å². The maximum absolute atomic E-state index is 14.7. The average Bonchev–Trinajstić information content (AvgIpc) is 3.38. The number of hydrogen-bond donors (Lipinski definition) is 5. The largest absolute Gasteiger partial charge is 0.481 e. The summed E-state index contributed by atoms with van der Waals surface area (Å²) in [7, 11) is 0. The minimum Gasteiger partial charge on any atom is -0.481 e. The summed E-state index contributed by atoms with van der Waals surface area (Å²) in [6, 6.07) is 8.12. The second kappa shape index (κ2) is 11.7. The normalized spacial score (nSPS) is 14.3. The lowest BCUT2D eigenvalue weighted by Crippen LogP contribution is -2.51. The van der Waals surface area contributed by atoms with E-state index in [2.05, 4.69) is 20.6 Å². The molecule has 0 bridgehead atoms. The van der Waals surface area contributed by atoms with Gasteiger partial charge in [0.25, 0.3) is 11.8 Å². The van der Waals surface area contributed by atoms with Crippen molar-refractivity contribution >= 4 is 40.5 Å². The number of nitrogens with zero attached hydrogens (tertiary/aromatic N) is 3. The van der Waals surface area contributed by atoms with E-state index in [1.165, 1.54) is 11.1 Å². The lowest BCUT2D eigenvalue weighted by Gasteiger charge is -2.35. The molecule has 0 radical (unpaired) electrons. The van der Waals surface area contributed by atoms with Crippen LogP contribution in [0, 0.1) is 5.82 Å². The van der Waals surface area contributed by atoms with Crippen LogP contribution in [0.3, 0.4) is 0 Å². The van der Waals surface area contributed by atoms with Crippen LogP contribution >= 0.6 is 0 Å². The van der Waals surface area contributed by atoms with Crippen molar-refractivity contribution in [1.29, 1.82) is 0 Å². The van der Waals surface area contributed by atoms with E-state index in [9.17, 15) is 28.7 Å². The molecule has 1 aliphatic rings. The van der Waals surface area contributed by atoms with Gasteiger partial charge in [0, 0.05) is 61.9 Å². The van der Waals surface area contributed by atoms with Gasteiger partial charge in [0.05, 0.1) is 11.7 Å². The van der Waals surface area contributed by atoms with E-state index in [1.807, 2.05) is 6.07 Å². The first-order chi connectivity index (χ1) is 18.3. The van der Waals surface area contributed by atoms with Crippen molar-refractivity contribution < 1.29 is 33.8 Å². The van der Waals surface area contributed by atoms with Gasteiger partial charge in [-0.25, -0.2) is 14.2 Å². The Kier molecular flexibility index (Phi) is 8.16. The summed E-state index contributed by atoms with van der Waals surface area (Å²) < 4.78 is 14.7. The van der Waals surface area contributed by atoms with Gasteiger partial charge in [-0.05, 0) is 18.6 Å². The number of pyridine rings is 1. The fourth-order valence-electron chi connectivity index (χ4n) is 4.24. The van der Waals surface area contributed by atoms with Crippen LogP contribution in [0.5, 0.6) is 0 Å². The number of carbonyl (C=O) groups excluding carboxylic acids is 3. The molecule has 5 N–H and O–H groups in total. The third kappa shape index (κ3) is 5.89. The van der Waals surface area contributed by atoms with Crippen LogP contribution < -0.4 is 10.6 Å². The summed E-state index contributed by atoms with van der Waals surface area (Å²) >= 11 is 0. The van der Waals surface area contributed by atoms with E-state index in [0.717, 1.165) is 6.20 Å². The molecule has 13 heteroatoms. The van der Waals surface area contributed by atoms with Gasteiger partial charge in [-0.2, -0.15) is 0 Å². The maximum Gasteiger partial charge on any atom is 0.320 e. The summed E-state index contributed by atoms with van der Waals surface area (Å²) in [5.41, 5.74) is 0.608. The zero-order valence-electron chi connectivity index (χ0n) is 20.3. The number of nitrogens with one attached hydrogen (secondary N) is 3. The summed E-state index contributed by atoms with van der Waals surface area (Å²) in [5.74, 6) is -2.59. The number of carboxylic acids is 1. The quantitative estimate of drug-likeness (QED) is 0.278. The molecule has 1 fully saturated rings. The number of halogens is 1. The fraction of sp³-hybridized carbons (Fsp3) is 0.320. The second-order valence-electron chi connectivity index (χ2n) is 8.71. The van der Waals surface area contributed by atoms with Crippen LogP contribution in [-0.2, 0) is 9.59 Å². The van der Waals surface area contributed by atoms with Gasteiger partial charge in [-0.3, -0.25) is 19.7 Å². The lowest BCUT2D eigenvalue weighted by molar-refractivity contribution is -0.142. The summed E-state index contributed by atoms with van der Waals surface area (Å²) in [6.45, 7) is 1.09. The zero-order chi connectivity index (χ0) is 27.2. The minimum absolute atomic E-state index is 0.0161. The summed E-state index contributed by atoms with van der Waals surface area (Å²) in [4.78, 5) is 58.1. The number of aromatic amines is 1. The Morgan fingerprint density at radius 1 is 1.08 bits per heavy atom. The standard InChI is InChI=1S/C25H27FN6O6/c26-17-14-29-22(30-25(38)27-8-4-7-18(33)34)20-19(17)16(13-28-20)21(35)24(37)32-11-9-31(10-12-32)23(36)15-5-2-1-3-6-15/h1-3,5-6,13-14,21,28,35H,4,7-12H2,(H,33,34)(H2,27,29,30,38). The first-order valence-corrected chi connectivity index (χ1v) is 12.0. The topological polar surface area (TPSA) is 168 Å². The molecule has 4 amide bonds. The smallest absolute Gasteiger partial charge is 0.320 e. The molecule has 1 unspecified atom stereocenters. The van der Waals surface area contributed by atoms with Crippen molar-refractivity contribution in [3.05, 3.63) is 59.7 Å². The number of aliphatic hydroxyl groups is 1. The van der Waals surface area contributed by atoms with Gasteiger partial charge in [-0.1, -0.05) is 18.2 Å². The Hall–Kier alpha value is -4.52. The van der Waals surface area contributed by atoms with E-state index in [1.54, 1.807) is 29.2 Å². The molecule has 1 saturated heterocycles. The number of rotatable bonds is 8. The highest BCUT2D eigenvalue weighted by Gasteiger charge is 2.31. The van der Waals surface area contributed by atoms with Gasteiger partial charge in [0.2, 0.25) is 0 Å². The number of fused-ring (bicyclic) bond motifs is 1. The Morgan fingerprint density at radius 2 is 1.76 bits per heavy atom. The molecule has 1 atom stereocenters. The number of hydrogen-bond acceptors (Lipinski definition) is 6. The summed E-state index contributed by atoms with van der Waals surface area (Å²) in [6.07, 6.45) is 0.581. The SMILES string of the molecule is O=C(O)CCCNC(=O)Nc1ncc(F)c2c(C(O)C(=O)N3CCN(C(=O)c4ccccc4)CC3)c[nH]c12. The Balaban J connectivity index is 1.41. The molecule has 12 nitrogen and oxygen atoms in total. The minimum atomic E-state index is -1.69. The number of H-pyrrole nitrogens is 1. The maximum atomic E-state index is 14.7. The van der Waals surface area contributed by atoms with Crippen LogP contribution in [0.4, 0.5) is 15.0 Å². The van der Waals surface area contributed by atoms with E-state index in [0.29, 0.717) is 5.56 Å². The number of amides is 4. The molecule has 3 heterocycles. The van der Waals surface area contributed by atoms with Crippen molar-refractivity contribution in [3.63, 3.8) is 0 Å². The van der Waals surface area contributed by atoms with Crippen molar-refractivity contribution in [1.82, 2.24) is 25.1 Å². The number of benzene rings is 1. The molecule has 0 spiro atoms. The first-order valence-electron chi connectivity index (χ1n) is 12.0. The molecule has 3 aromatic rings. The highest BCUT2D eigenvalue weighted by Crippen LogP contribution is 2.31. The van der Waals surface area contributed by atoms with Crippen molar-refractivity contribution in [3.8, 4) is 0 Å². The number of carbonyl (C=O) groups is 4. The fourth-order valence-corrected chi connectivity index (χ4v) is 4.24. The van der Waals surface area contributed by atoms with Gasteiger partial charge < -0.3 is 30.3 Å². The molecule has 1 aliphatic heterocycles. The summed E-state index contributed by atoms with van der Waals surface area (Å²) in [5, 5.41) is 24.3. The highest BCUT2D eigenvalue weighted by molar-refractivity contribution is 6.01. The lowest BCUT2D eigenvalue weighted by atomic mass is 10.1. The Morgan fingerprint density at radius 3 is 2.45 bits per heavy atom. The number of urea groups is 1. The zero-order valence-corrected chi connectivity index (χ0v) is 20.3.